The van der Waals surface area contributed by atoms with E-state index in [0.717, 1.165) is 60.3 Å². The van der Waals surface area contributed by atoms with Gasteiger partial charge in [-0.3, -0.25) is 0 Å². The number of phenolic OH excluding ortho intramolecular Hbond substituents is 2. The Morgan fingerprint density at radius 1 is 0.724 bits per heavy atom. The highest BCUT2D eigenvalue weighted by molar-refractivity contribution is 7.74. The Morgan fingerprint density at radius 3 is 1.41 bits per heavy atom. The van der Waals surface area contributed by atoms with Gasteiger partial charge in [0.25, 0.3) is 0 Å². The number of hydrogen-bond acceptors (Lipinski definition) is 2. The number of benzene rings is 2. The van der Waals surface area contributed by atoms with E-state index in [1.54, 1.807) is 0 Å². The van der Waals surface area contributed by atoms with Gasteiger partial charge in [0.1, 0.15) is 11.5 Å². The molecule has 2 rings (SSSR count). The Balaban J connectivity index is 2.69. The summed E-state index contributed by atoms with van der Waals surface area (Å²) in [5.41, 5.74) is 4.44. The minimum atomic E-state index is -0.928. The van der Waals surface area contributed by atoms with Crippen LogP contribution in [0.1, 0.15) is 82.6 Å². The van der Waals surface area contributed by atoms with Gasteiger partial charge in [-0.25, -0.2) is 0 Å². The lowest BCUT2D eigenvalue weighted by atomic mass is 10.0. The first-order valence-corrected chi connectivity index (χ1v) is 12.4. The fraction of sp³-hybridized carbons (Fsp3) is 0.538. The third kappa shape index (κ3) is 5.76. The van der Waals surface area contributed by atoms with E-state index >= 15 is 0 Å². The lowest BCUT2D eigenvalue weighted by molar-refractivity contribution is 0.470. The summed E-state index contributed by atoms with van der Waals surface area (Å²) in [6, 6.07) is 8.51. The summed E-state index contributed by atoms with van der Waals surface area (Å²) in [5.74, 6) is 0.863. The first-order valence-electron chi connectivity index (χ1n) is 11.0. The highest BCUT2D eigenvalue weighted by Gasteiger charge is 2.33. The average Bonchev–Trinajstić information content (AvgIpc) is 2.63. The molecule has 3 heteroatoms. The van der Waals surface area contributed by atoms with Crippen molar-refractivity contribution in [1.82, 2.24) is 0 Å². The molecule has 0 aromatic heterocycles. The summed E-state index contributed by atoms with van der Waals surface area (Å²) < 4.78 is 0. The molecule has 0 aliphatic rings. The van der Waals surface area contributed by atoms with Crippen molar-refractivity contribution in [1.29, 1.82) is 0 Å². The number of aryl methyl sites for hydroxylation is 4. The van der Waals surface area contributed by atoms with Crippen LogP contribution in [0, 0.1) is 13.8 Å². The standard InChI is InChI=1S/C26H39O2P/c1-8-10-12-20-14-18(3)16-22(24(20)27)29(26(5,6)7)23-17-19(4)15-21(25(23)28)13-11-9-2/h14-17,27-28H,8-13H2,1-7H3. The summed E-state index contributed by atoms with van der Waals surface area (Å²) in [7, 11) is -0.928. The molecule has 0 unspecified atom stereocenters. The third-order valence-electron chi connectivity index (χ3n) is 5.38. The normalized spacial score (nSPS) is 12.0. The van der Waals surface area contributed by atoms with E-state index in [1.807, 2.05) is 0 Å². The first-order chi connectivity index (χ1) is 13.6. The fourth-order valence-corrected chi connectivity index (χ4v) is 7.06. The molecule has 0 saturated carbocycles. The van der Waals surface area contributed by atoms with Gasteiger partial charge in [-0.15, -0.1) is 0 Å². The van der Waals surface area contributed by atoms with E-state index in [-0.39, 0.29) is 5.16 Å². The van der Waals surface area contributed by atoms with Crippen LogP contribution in [0.25, 0.3) is 0 Å². The van der Waals surface area contributed by atoms with Crippen molar-refractivity contribution in [3.05, 3.63) is 46.5 Å². The van der Waals surface area contributed by atoms with Crippen LogP contribution in [0.4, 0.5) is 0 Å². The van der Waals surface area contributed by atoms with Crippen LogP contribution in [0.15, 0.2) is 24.3 Å². The minimum absolute atomic E-state index is 0.0874. The van der Waals surface area contributed by atoms with Crippen molar-refractivity contribution in [2.24, 2.45) is 0 Å². The predicted octanol–water partition coefficient (Wildman–Crippen LogP) is 6.63. The predicted molar refractivity (Wildman–Crippen MR) is 129 cm³/mol. The Bertz CT molecular complexity index is 770. The van der Waals surface area contributed by atoms with Crippen LogP contribution < -0.4 is 10.6 Å². The molecule has 0 atom stereocenters. The quantitative estimate of drug-likeness (QED) is 0.476. The molecular formula is C26H39O2P. The summed E-state index contributed by atoms with van der Waals surface area (Å²) >= 11 is 0. The second-order valence-corrected chi connectivity index (χ2v) is 12.3. The Labute approximate surface area is 179 Å². The van der Waals surface area contributed by atoms with Gasteiger partial charge in [0, 0.05) is 10.6 Å². The monoisotopic (exact) mass is 414 g/mol. The number of phenols is 2. The number of hydrogen-bond donors (Lipinski definition) is 2. The molecule has 2 aromatic rings. The van der Waals surface area contributed by atoms with Gasteiger partial charge in [0.2, 0.25) is 0 Å². The average molecular weight is 415 g/mol. The summed E-state index contributed by atoms with van der Waals surface area (Å²) in [4.78, 5) is 0. The molecule has 2 aromatic carbocycles. The molecular weight excluding hydrogens is 375 g/mol. The van der Waals surface area contributed by atoms with Crippen molar-refractivity contribution in [3.8, 4) is 11.5 Å². The third-order valence-corrected chi connectivity index (χ3v) is 8.37. The molecule has 0 radical (unpaired) electrons. The summed E-state index contributed by atoms with van der Waals surface area (Å²) in [5, 5.41) is 24.4. The van der Waals surface area contributed by atoms with Crippen molar-refractivity contribution in [2.45, 2.75) is 92.1 Å². The maximum absolute atomic E-state index is 11.2. The summed E-state index contributed by atoms with van der Waals surface area (Å²) in [6.45, 7) is 15.2. The van der Waals surface area contributed by atoms with E-state index in [1.165, 1.54) is 11.1 Å². The zero-order valence-corrected chi connectivity index (χ0v) is 20.3. The molecule has 2 nitrogen and oxygen atoms in total. The van der Waals surface area contributed by atoms with Crippen molar-refractivity contribution < 1.29 is 10.2 Å². The van der Waals surface area contributed by atoms with Crippen LogP contribution in [-0.2, 0) is 12.8 Å². The Kier molecular flexibility index (Phi) is 8.18. The van der Waals surface area contributed by atoms with Gasteiger partial charge in [0.15, 0.2) is 0 Å². The maximum Gasteiger partial charge on any atom is 0.126 e. The molecule has 2 N–H and O–H groups in total. The van der Waals surface area contributed by atoms with E-state index < -0.39 is 7.92 Å². The van der Waals surface area contributed by atoms with Gasteiger partial charge in [-0.05, 0) is 87.0 Å². The molecule has 0 bridgehead atoms. The van der Waals surface area contributed by atoms with Crippen LogP contribution in [0.2, 0.25) is 0 Å². The van der Waals surface area contributed by atoms with Crippen LogP contribution in [0.3, 0.4) is 0 Å². The molecule has 0 spiro atoms. The van der Waals surface area contributed by atoms with Crippen molar-refractivity contribution in [2.75, 3.05) is 0 Å². The van der Waals surface area contributed by atoms with Gasteiger partial charge in [-0.1, -0.05) is 59.6 Å². The van der Waals surface area contributed by atoms with E-state index in [4.69, 9.17) is 0 Å². The van der Waals surface area contributed by atoms with Crippen LogP contribution in [-0.4, -0.2) is 15.4 Å². The molecule has 0 aliphatic heterocycles. The number of rotatable bonds is 8. The van der Waals surface area contributed by atoms with Crippen molar-refractivity contribution in [3.63, 3.8) is 0 Å². The van der Waals surface area contributed by atoms with Gasteiger partial charge in [-0.2, -0.15) is 0 Å². The van der Waals surface area contributed by atoms with Gasteiger partial charge >= 0.3 is 0 Å². The van der Waals surface area contributed by atoms with Crippen molar-refractivity contribution >= 4 is 18.5 Å². The topological polar surface area (TPSA) is 40.5 Å². The first kappa shape index (κ1) is 23.7. The van der Waals surface area contributed by atoms with E-state index in [2.05, 4.69) is 72.7 Å². The second-order valence-electron chi connectivity index (χ2n) is 9.30. The Morgan fingerprint density at radius 2 is 1.10 bits per heavy atom. The zero-order valence-electron chi connectivity index (χ0n) is 19.4. The highest BCUT2D eigenvalue weighted by atomic mass is 31.1. The number of unbranched alkanes of at least 4 members (excludes halogenated alkanes) is 2. The van der Waals surface area contributed by atoms with Gasteiger partial charge in [0.05, 0.1) is 0 Å². The van der Waals surface area contributed by atoms with Crippen LogP contribution in [0.5, 0.6) is 11.5 Å². The lowest BCUT2D eigenvalue weighted by Crippen LogP contribution is -2.28. The molecule has 0 saturated heterocycles. The Hall–Kier alpha value is -1.53. The fourth-order valence-electron chi connectivity index (χ4n) is 3.98. The highest BCUT2D eigenvalue weighted by Crippen LogP contribution is 2.52. The molecule has 0 fully saturated rings. The van der Waals surface area contributed by atoms with E-state index in [0.29, 0.717) is 11.5 Å². The summed E-state index contributed by atoms with van der Waals surface area (Å²) in [6.07, 6.45) is 6.14. The zero-order chi connectivity index (χ0) is 21.8. The molecule has 0 heterocycles. The van der Waals surface area contributed by atoms with E-state index in [9.17, 15) is 10.2 Å². The number of aromatic hydroxyl groups is 2. The largest absolute Gasteiger partial charge is 0.507 e. The molecule has 160 valence electrons. The maximum atomic E-state index is 11.2. The minimum Gasteiger partial charge on any atom is -0.507 e. The van der Waals surface area contributed by atoms with Crippen LogP contribution >= 0.6 is 7.92 Å². The van der Waals surface area contributed by atoms with Gasteiger partial charge < -0.3 is 10.2 Å². The second kappa shape index (κ2) is 9.98. The molecule has 0 aliphatic carbocycles. The molecule has 0 amide bonds. The SMILES string of the molecule is CCCCc1cc(C)cc(P(c2cc(C)cc(CCCC)c2O)C(C)(C)C)c1O. The smallest absolute Gasteiger partial charge is 0.126 e. The lowest BCUT2D eigenvalue weighted by Gasteiger charge is -2.34. The molecule has 29 heavy (non-hydrogen) atoms.